The Morgan fingerprint density at radius 3 is 2.82 bits per heavy atom. The minimum absolute atomic E-state index is 0.00168. The van der Waals surface area contributed by atoms with Crippen molar-refractivity contribution in [3.63, 3.8) is 0 Å². The van der Waals surface area contributed by atoms with Gasteiger partial charge in [-0.25, -0.2) is 0 Å². The van der Waals surface area contributed by atoms with Crippen LogP contribution >= 0.6 is 0 Å². The maximum absolute atomic E-state index is 11.6. The van der Waals surface area contributed by atoms with Gasteiger partial charge in [-0.15, -0.1) is 0 Å². The Balaban J connectivity index is 1.95. The van der Waals surface area contributed by atoms with E-state index in [0.717, 1.165) is 6.42 Å². The van der Waals surface area contributed by atoms with Crippen LogP contribution in [0.25, 0.3) is 0 Å². The van der Waals surface area contributed by atoms with Crippen molar-refractivity contribution < 1.29 is 9.59 Å². The van der Waals surface area contributed by atoms with Crippen molar-refractivity contribution in [3.05, 3.63) is 35.4 Å². The van der Waals surface area contributed by atoms with E-state index in [4.69, 9.17) is 0 Å². The van der Waals surface area contributed by atoms with E-state index < -0.39 is 0 Å². The molecule has 4 heteroatoms. The first-order valence-electron chi connectivity index (χ1n) is 5.76. The molecule has 1 fully saturated rings. The van der Waals surface area contributed by atoms with Crippen molar-refractivity contribution in [2.45, 2.75) is 13.3 Å². The SMILES string of the molecule is Cc1ccccc1CCN1CC(=O)NCC1=O. The number of aryl methyl sites for hydroxylation is 1. The highest BCUT2D eigenvalue weighted by molar-refractivity contribution is 5.92. The highest BCUT2D eigenvalue weighted by Crippen LogP contribution is 2.09. The molecule has 0 saturated carbocycles. The Labute approximate surface area is 101 Å². The molecule has 0 aliphatic carbocycles. The van der Waals surface area contributed by atoms with Crippen molar-refractivity contribution in [3.8, 4) is 0 Å². The van der Waals surface area contributed by atoms with Gasteiger partial charge in [-0.05, 0) is 24.5 Å². The number of hydrogen-bond donors (Lipinski definition) is 1. The number of carbonyl (C=O) groups is 2. The average molecular weight is 232 g/mol. The van der Waals surface area contributed by atoms with Gasteiger partial charge in [-0.2, -0.15) is 0 Å². The fourth-order valence-electron chi connectivity index (χ4n) is 1.95. The summed E-state index contributed by atoms with van der Waals surface area (Å²) in [7, 11) is 0. The number of nitrogens with one attached hydrogen (secondary N) is 1. The lowest BCUT2D eigenvalue weighted by Gasteiger charge is -2.26. The largest absolute Gasteiger partial charge is 0.345 e. The molecule has 2 rings (SSSR count). The Hall–Kier alpha value is -1.84. The van der Waals surface area contributed by atoms with Crippen molar-refractivity contribution >= 4 is 11.8 Å². The van der Waals surface area contributed by atoms with Crippen LogP contribution in [0, 0.1) is 6.92 Å². The monoisotopic (exact) mass is 232 g/mol. The Kier molecular flexibility index (Phi) is 3.42. The summed E-state index contributed by atoms with van der Waals surface area (Å²) in [6.45, 7) is 2.98. The zero-order valence-electron chi connectivity index (χ0n) is 9.90. The zero-order chi connectivity index (χ0) is 12.3. The van der Waals surface area contributed by atoms with Crippen LogP contribution in [0.5, 0.6) is 0 Å². The lowest BCUT2D eigenvalue weighted by atomic mass is 10.1. The van der Waals surface area contributed by atoms with E-state index in [1.807, 2.05) is 12.1 Å². The summed E-state index contributed by atoms with van der Waals surface area (Å²) < 4.78 is 0. The molecule has 1 saturated heterocycles. The summed E-state index contributed by atoms with van der Waals surface area (Å²) in [4.78, 5) is 24.4. The first-order valence-corrected chi connectivity index (χ1v) is 5.76. The van der Waals surface area contributed by atoms with E-state index in [9.17, 15) is 9.59 Å². The van der Waals surface area contributed by atoms with E-state index in [2.05, 4.69) is 24.4 Å². The molecule has 1 aromatic carbocycles. The molecular weight excluding hydrogens is 216 g/mol. The van der Waals surface area contributed by atoms with E-state index in [0.29, 0.717) is 6.54 Å². The number of benzene rings is 1. The number of hydrogen-bond acceptors (Lipinski definition) is 2. The topological polar surface area (TPSA) is 49.4 Å². The molecule has 0 aromatic heterocycles. The minimum atomic E-state index is -0.0746. The lowest BCUT2D eigenvalue weighted by molar-refractivity contribution is -0.140. The van der Waals surface area contributed by atoms with Gasteiger partial charge >= 0.3 is 0 Å². The molecular formula is C13H16N2O2. The maximum Gasteiger partial charge on any atom is 0.242 e. The van der Waals surface area contributed by atoms with Crippen molar-refractivity contribution in [2.24, 2.45) is 0 Å². The molecule has 1 aliphatic heterocycles. The van der Waals surface area contributed by atoms with E-state index in [1.54, 1.807) is 4.90 Å². The second-order valence-corrected chi connectivity index (χ2v) is 4.27. The second-order valence-electron chi connectivity index (χ2n) is 4.27. The molecule has 1 heterocycles. The molecule has 1 aliphatic rings. The number of nitrogens with zero attached hydrogens (tertiary/aromatic N) is 1. The van der Waals surface area contributed by atoms with Crippen molar-refractivity contribution in [2.75, 3.05) is 19.6 Å². The number of carbonyl (C=O) groups excluding carboxylic acids is 2. The molecule has 1 N–H and O–H groups in total. The molecule has 1 aromatic rings. The molecule has 0 spiro atoms. The fourth-order valence-corrected chi connectivity index (χ4v) is 1.95. The summed E-state index contributed by atoms with van der Waals surface area (Å²) in [5.74, 6) is -0.0763. The summed E-state index contributed by atoms with van der Waals surface area (Å²) in [5.41, 5.74) is 2.45. The van der Waals surface area contributed by atoms with E-state index in [1.165, 1.54) is 11.1 Å². The van der Waals surface area contributed by atoms with E-state index in [-0.39, 0.29) is 24.9 Å². The van der Waals surface area contributed by atoms with Gasteiger partial charge in [0.25, 0.3) is 0 Å². The third kappa shape index (κ3) is 2.84. The summed E-state index contributed by atoms with van der Waals surface area (Å²) >= 11 is 0. The average Bonchev–Trinajstić information content (AvgIpc) is 2.32. The van der Waals surface area contributed by atoms with Gasteiger partial charge in [0.05, 0.1) is 13.1 Å². The van der Waals surface area contributed by atoms with Gasteiger partial charge in [-0.3, -0.25) is 9.59 Å². The summed E-state index contributed by atoms with van der Waals surface area (Å²) in [6, 6.07) is 8.11. The molecule has 0 bridgehead atoms. The van der Waals surface area contributed by atoms with E-state index >= 15 is 0 Å². The molecule has 0 radical (unpaired) electrons. The van der Waals surface area contributed by atoms with Gasteiger partial charge in [-0.1, -0.05) is 24.3 Å². The lowest BCUT2D eigenvalue weighted by Crippen LogP contribution is -2.52. The zero-order valence-corrected chi connectivity index (χ0v) is 9.90. The van der Waals surface area contributed by atoms with Gasteiger partial charge in [0.1, 0.15) is 0 Å². The number of piperazine rings is 1. The Morgan fingerprint density at radius 1 is 1.29 bits per heavy atom. The van der Waals surface area contributed by atoms with Crippen LogP contribution in [0.15, 0.2) is 24.3 Å². The highest BCUT2D eigenvalue weighted by Gasteiger charge is 2.22. The second kappa shape index (κ2) is 4.99. The van der Waals surface area contributed by atoms with Crippen LogP contribution in [0.3, 0.4) is 0 Å². The van der Waals surface area contributed by atoms with Crippen LogP contribution in [-0.4, -0.2) is 36.3 Å². The molecule has 90 valence electrons. The van der Waals surface area contributed by atoms with Gasteiger partial charge < -0.3 is 10.2 Å². The van der Waals surface area contributed by atoms with Crippen LogP contribution in [0.1, 0.15) is 11.1 Å². The maximum atomic E-state index is 11.6. The molecule has 2 amide bonds. The van der Waals surface area contributed by atoms with Gasteiger partial charge in [0.15, 0.2) is 0 Å². The van der Waals surface area contributed by atoms with Crippen molar-refractivity contribution in [1.82, 2.24) is 10.2 Å². The third-order valence-corrected chi connectivity index (χ3v) is 3.04. The molecule has 0 atom stereocenters. The third-order valence-electron chi connectivity index (χ3n) is 3.04. The van der Waals surface area contributed by atoms with Gasteiger partial charge in [0, 0.05) is 6.54 Å². The molecule has 17 heavy (non-hydrogen) atoms. The Bertz CT molecular complexity index is 443. The predicted molar refractivity (Wildman–Crippen MR) is 64.5 cm³/mol. The van der Waals surface area contributed by atoms with Gasteiger partial charge in [0.2, 0.25) is 11.8 Å². The first-order chi connectivity index (χ1) is 8.16. The van der Waals surface area contributed by atoms with Crippen LogP contribution in [-0.2, 0) is 16.0 Å². The first kappa shape index (κ1) is 11.6. The van der Waals surface area contributed by atoms with Crippen LogP contribution in [0.2, 0.25) is 0 Å². The minimum Gasteiger partial charge on any atom is -0.345 e. The molecule has 0 unspecified atom stereocenters. The highest BCUT2D eigenvalue weighted by atomic mass is 16.2. The molecule has 4 nitrogen and oxygen atoms in total. The standard InChI is InChI=1S/C13H16N2O2/c1-10-4-2-3-5-11(10)6-7-15-9-12(16)14-8-13(15)17/h2-5H,6-9H2,1H3,(H,14,16). The summed E-state index contributed by atoms with van der Waals surface area (Å²) in [5, 5.41) is 2.54. The predicted octanol–water partition coefficient (Wildman–Crippen LogP) is 0.496. The van der Waals surface area contributed by atoms with Crippen LogP contribution in [0.4, 0.5) is 0 Å². The fraction of sp³-hybridized carbons (Fsp3) is 0.385. The number of rotatable bonds is 3. The smallest absolute Gasteiger partial charge is 0.242 e. The number of amides is 2. The summed E-state index contributed by atoms with van der Waals surface area (Å²) in [6.07, 6.45) is 0.797. The quantitative estimate of drug-likeness (QED) is 0.825. The van der Waals surface area contributed by atoms with Crippen molar-refractivity contribution in [1.29, 1.82) is 0 Å². The van der Waals surface area contributed by atoms with Crippen LogP contribution < -0.4 is 5.32 Å². The Morgan fingerprint density at radius 2 is 2.06 bits per heavy atom. The normalized spacial score (nSPS) is 15.9.